The van der Waals surface area contributed by atoms with Gasteiger partial charge in [-0.2, -0.15) is 0 Å². The van der Waals surface area contributed by atoms with E-state index in [0.717, 1.165) is 10.9 Å². The fraction of sp³-hybridized carbons (Fsp3) is 0.381. The number of nitrogens with one attached hydrogen (secondary N) is 1. The maximum atomic E-state index is 14.6. The number of alkyl halides is 1. The molecule has 2 aromatic rings. The van der Waals surface area contributed by atoms with Gasteiger partial charge in [0.25, 0.3) is 11.8 Å². The van der Waals surface area contributed by atoms with Gasteiger partial charge in [-0.1, -0.05) is 0 Å². The van der Waals surface area contributed by atoms with Gasteiger partial charge in [0.1, 0.15) is 35.4 Å². The summed E-state index contributed by atoms with van der Waals surface area (Å²) in [5.41, 5.74) is -4.27. The van der Waals surface area contributed by atoms with E-state index < -0.39 is 63.8 Å². The van der Waals surface area contributed by atoms with E-state index >= 15 is 0 Å². The molecule has 12 heteroatoms. The molecule has 2 aliphatic rings. The highest BCUT2D eigenvalue weighted by Gasteiger charge is 2.38. The third kappa shape index (κ3) is 4.12. The lowest BCUT2D eigenvalue weighted by Gasteiger charge is -2.43. The molecular weight excluding hydrogens is 448 g/mol. The predicted molar refractivity (Wildman–Crippen MR) is 108 cm³/mol. The quantitative estimate of drug-likeness (QED) is 0.670. The van der Waals surface area contributed by atoms with Crippen molar-refractivity contribution < 1.29 is 32.3 Å². The molecule has 0 aliphatic carbocycles. The van der Waals surface area contributed by atoms with E-state index in [-0.39, 0.29) is 38.3 Å². The molecule has 1 aromatic heterocycles. The minimum atomic E-state index is -1.54. The lowest BCUT2D eigenvalue weighted by molar-refractivity contribution is 0.0571. The summed E-state index contributed by atoms with van der Waals surface area (Å²) in [7, 11) is 0. The third-order valence-electron chi connectivity index (χ3n) is 5.86. The highest BCUT2D eigenvalue weighted by molar-refractivity contribution is 5.99. The zero-order chi connectivity index (χ0) is 24.1. The zero-order valence-corrected chi connectivity index (χ0v) is 17.5. The molecular formula is C21H20F4N4O4. The smallest absolute Gasteiger partial charge is 0.277 e. The Bertz CT molecular complexity index is 1190. The second-order valence-electron chi connectivity index (χ2n) is 8.30. The molecule has 8 nitrogen and oxygen atoms in total. The van der Waals surface area contributed by atoms with E-state index in [1.807, 2.05) is 0 Å². The van der Waals surface area contributed by atoms with E-state index in [9.17, 15) is 37.1 Å². The van der Waals surface area contributed by atoms with Crippen LogP contribution in [0, 0.1) is 17.5 Å². The van der Waals surface area contributed by atoms with Gasteiger partial charge in [0, 0.05) is 49.9 Å². The number of carbonyl (C=O) groups excluding carboxylic acids is 2. The summed E-state index contributed by atoms with van der Waals surface area (Å²) in [4.78, 5) is 39.4. The molecule has 0 radical (unpaired) electrons. The average Bonchev–Trinajstić information content (AvgIpc) is 2.72. The van der Waals surface area contributed by atoms with Gasteiger partial charge >= 0.3 is 0 Å². The van der Waals surface area contributed by atoms with Crippen LogP contribution >= 0.6 is 0 Å². The summed E-state index contributed by atoms with van der Waals surface area (Å²) in [5.74, 6) is -6.32. The molecule has 2 aliphatic heterocycles. The molecule has 33 heavy (non-hydrogen) atoms. The Morgan fingerprint density at radius 3 is 2.45 bits per heavy atom. The lowest BCUT2D eigenvalue weighted by atomic mass is 9.98. The molecule has 1 unspecified atom stereocenters. The van der Waals surface area contributed by atoms with E-state index in [2.05, 4.69) is 5.32 Å². The van der Waals surface area contributed by atoms with Crippen molar-refractivity contribution in [2.24, 2.45) is 0 Å². The van der Waals surface area contributed by atoms with Crippen LogP contribution in [0.3, 0.4) is 0 Å². The molecule has 1 aromatic carbocycles. The van der Waals surface area contributed by atoms with Crippen molar-refractivity contribution in [2.45, 2.75) is 32.0 Å². The summed E-state index contributed by atoms with van der Waals surface area (Å²) in [6, 6.07) is 0.893. The first-order valence-corrected chi connectivity index (χ1v) is 10.1. The molecule has 0 saturated carbocycles. The number of rotatable bonds is 3. The van der Waals surface area contributed by atoms with E-state index in [4.69, 9.17) is 0 Å². The topological polar surface area (TPSA) is 94.9 Å². The Labute approximate surface area is 185 Å². The number of fused-ring (bicyclic) bond motifs is 4. The van der Waals surface area contributed by atoms with Gasteiger partial charge in [-0.3, -0.25) is 24.1 Å². The van der Waals surface area contributed by atoms with E-state index in [1.165, 1.54) is 16.8 Å². The number of halogens is 4. The number of nitrogens with zero attached hydrogens (tertiary/aromatic N) is 3. The van der Waals surface area contributed by atoms with E-state index in [0.29, 0.717) is 12.1 Å². The minimum Gasteiger partial charge on any atom is -0.502 e. The van der Waals surface area contributed by atoms with Crippen LogP contribution in [-0.4, -0.2) is 51.9 Å². The number of aromatic nitrogens is 1. The first-order chi connectivity index (χ1) is 15.5. The van der Waals surface area contributed by atoms with Crippen LogP contribution in [0.2, 0.25) is 0 Å². The van der Waals surface area contributed by atoms with Gasteiger partial charge in [0.2, 0.25) is 5.43 Å². The van der Waals surface area contributed by atoms with Crippen molar-refractivity contribution in [2.75, 3.05) is 24.8 Å². The Hall–Kier alpha value is -3.57. The number of aromatic hydroxyl groups is 1. The van der Waals surface area contributed by atoms with Crippen LogP contribution in [0.1, 0.15) is 46.2 Å². The number of amides is 2. The van der Waals surface area contributed by atoms with Gasteiger partial charge in [-0.05, 0) is 13.3 Å². The second kappa shape index (κ2) is 8.09. The predicted octanol–water partition coefficient (Wildman–Crippen LogP) is 1.77. The standard InChI is InChI=1S/C21H20F4N4O4/c1-21(25)2-4-27-10-28(5-3-21)29-9-13(17(30)18(31)16(29)20(27)33)19(32)26-8-12-14(23)6-11(22)7-15(12)24/h6-7,9,31H,2-5,8,10H2,1H3,(H,26,32). The summed E-state index contributed by atoms with van der Waals surface area (Å²) in [6.07, 6.45) is 1.22. The van der Waals surface area contributed by atoms with Crippen LogP contribution in [0.25, 0.3) is 0 Å². The Morgan fingerprint density at radius 2 is 1.79 bits per heavy atom. The lowest BCUT2D eigenvalue weighted by Crippen LogP contribution is -2.57. The third-order valence-corrected chi connectivity index (χ3v) is 5.86. The summed E-state index contributed by atoms with van der Waals surface area (Å²) >= 11 is 0. The van der Waals surface area contributed by atoms with Crippen LogP contribution < -0.4 is 15.8 Å². The minimum absolute atomic E-state index is 0.0529. The van der Waals surface area contributed by atoms with Gasteiger partial charge in [0.05, 0.1) is 0 Å². The monoisotopic (exact) mass is 468 g/mol. The number of hydrogen-bond acceptors (Lipinski definition) is 5. The molecule has 1 saturated heterocycles. The fourth-order valence-electron chi connectivity index (χ4n) is 3.86. The fourth-order valence-corrected chi connectivity index (χ4v) is 3.86. The number of benzene rings is 1. The van der Waals surface area contributed by atoms with Crippen molar-refractivity contribution in [1.82, 2.24) is 14.9 Å². The molecule has 2 bridgehead atoms. The summed E-state index contributed by atoms with van der Waals surface area (Å²) in [5, 5.41) is 14.1. The molecule has 2 amide bonds. The normalized spacial score (nSPS) is 20.2. The van der Waals surface area contributed by atoms with Crippen molar-refractivity contribution in [3.8, 4) is 5.75 Å². The van der Waals surface area contributed by atoms with Crippen molar-refractivity contribution in [1.29, 1.82) is 0 Å². The highest BCUT2D eigenvalue weighted by atomic mass is 19.2. The van der Waals surface area contributed by atoms with Crippen LogP contribution in [-0.2, 0) is 6.54 Å². The molecule has 1 fully saturated rings. The van der Waals surface area contributed by atoms with Crippen molar-refractivity contribution in [3.63, 3.8) is 0 Å². The average molecular weight is 468 g/mol. The Kier molecular flexibility index (Phi) is 5.54. The van der Waals surface area contributed by atoms with E-state index in [1.54, 1.807) is 0 Å². The van der Waals surface area contributed by atoms with Gasteiger partial charge in [-0.25, -0.2) is 17.6 Å². The Morgan fingerprint density at radius 1 is 1.15 bits per heavy atom. The summed E-state index contributed by atoms with van der Waals surface area (Å²) < 4.78 is 56.5. The highest BCUT2D eigenvalue weighted by Crippen LogP contribution is 2.28. The van der Waals surface area contributed by atoms with Crippen LogP contribution in [0.4, 0.5) is 17.6 Å². The first kappa shape index (κ1) is 22.6. The Balaban J connectivity index is 1.67. The molecule has 176 valence electrons. The summed E-state index contributed by atoms with van der Waals surface area (Å²) in [6.45, 7) is 0.968. The maximum Gasteiger partial charge on any atom is 0.277 e. The SMILES string of the molecule is CC1(F)CCN2CN(CC1)n1cc(C(=O)NCc3c(F)cc(F)cc3F)c(=O)c(O)c1C2=O. The van der Waals surface area contributed by atoms with Crippen molar-refractivity contribution >= 4 is 11.8 Å². The first-order valence-electron chi connectivity index (χ1n) is 10.1. The second-order valence-corrected chi connectivity index (χ2v) is 8.30. The van der Waals surface area contributed by atoms with Crippen molar-refractivity contribution in [3.05, 3.63) is 62.8 Å². The van der Waals surface area contributed by atoms with Gasteiger partial charge in [0.15, 0.2) is 11.4 Å². The zero-order valence-electron chi connectivity index (χ0n) is 17.5. The number of pyridine rings is 1. The van der Waals surface area contributed by atoms with Crippen LogP contribution in [0.15, 0.2) is 23.1 Å². The van der Waals surface area contributed by atoms with Gasteiger partial charge < -0.3 is 15.3 Å². The molecule has 2 N–H and O–H groups in total. The number of hydrogen-bond donors (Lipinski definition) is 2. The largest absolute Gasteiger partial charge is 0.502 e. The van der Waals surface area contributed by atoms with Gasteiger partial charge in [-0.15, -0.1) is 0 Å². The molecule has 3 heterocycles. The molecule has 0 spiro atoms. The number of carbonyl (C=O) groups is 2. The molecule has 4 rings (SSSR count). The maximum absolute atomic E-state index is 14.6. The molecule has 1 atom stereocenters. The van der Waals surface area contributed by atoms with Crippen LogP contribution in [0.5, 0.6) is 5.75 Å².